The van der Waals surface area contributed by atoms with E-state index in [-0.39, 0.29) is 5.97 Å². The molecule has 110 valence electrons. The second-order valence-electron chi connectivity index (χ2n) is 6.55. The van der Waals surface area contributed by atoms with Crippen molar-refractivity contribution in [2.24, 2.45) is 5.92 Å². The third kappa shape index (κ3) is 4.18. The second kappa shape index (κ2) is 6.23. The van der Waals surface area contributed by atoms with Gasteiger partial charge in [0.1, 0.15) is 5.54 Å². The number of esters is 1. The summed E-state index contributed by atoms with van der Waals surface area (Å²) >= 11 is 0. The number of nitrogens with zero attached hydrogens (tertiary/aromatic N) is 1. The van der Waals surface area contributed by atoms with Crippen LogP contribution in [0, 0.1) is 5.92 Å². The third-order valence-corrected chi connectivity index (χ3v) is 4.52. The Bertz CT molecular complexity index is 313. The lowest BCUT2D eigenvalue weighted by atomic mass is 9.85. The van der Waals surface area contributed by atoms with Crippen LogP contribution < -0.4 is 5.32 Å². The minimum Gasteiger partial charge on any atom is -0.468 e. The lowest BCUT2D eigenvalue weighted by Crippen LogP contribution is -2.53. The second-order valence-corrected chi connectivity index (χ2v) is 6.55. The molecule has 0 spiro atoms. The smallest absolute Gasteiger partial charge is 0.325 e. The van der Waals surface area contributed by atoms with Crippen molar-refractivity contribution in [3.05, 3.63) is 0 Å². The number of carbonyl (C=O) groups excluding carboxylic acids is 1. The van der Waals surface area contributed by atoms with Crippen LogP contribution in [-0.4, -0.2) is 49.7 Å². The maximum atomic E-state index is 12.0. The molecule has 0 amide bonds. The molecular weight excluding hydrogens is 240 g/mol. The van der Waals surface area contributed by atoms with E-state index in [1.165, 1.54) is 45.8 Å². The van der Waals surface area contributed by atoms with Gasteiger partial charge in [0, 0.05) is 19.1 Å². The van der Waals surface area contributed by atoms with E-state index in [9.17, 15) is 4.79 Å². The van der Waals surface area contributed by atoms with Crippen LogP contribution in [0.15, 0.2) is 0 Å². The van der Waals surface area contributed by atoms with Gasteiger partial charge in [0.05, 0.1) is 7.11 Å². The lowest BCUT2D eigenvalue weighted by molar-refractivity contribution is -0.148. The van der Waals surface area contributed by atoms with Gasteiger partial charge < -0.3 is 9.64 Å². The van der Waals surface area contributed by atoms with Crippen molar-refractivity contribution in [2.75, 3.05) is 27.2 Å². The SMILES string of the molecule is COC(=O)C(C)(CCN(C)CC1CCC1)NC1CC1. The molecule has 1 N–H and O–H groups in total. The van der Waals surface area contributed by atoms with Crippen molar-refractivity contribution in [1.82, 2.24) is 10.2 Å². The Morgan fingerprint density at radius 1 is 1.37 bits per heavy atom. The molecule has 0 aromatic heterocycles. The van der Waals surface area contributed by atoms with Gasteiger partial charge in [-0.2, -0.15) is 0 Å². The normalized spacial score (nSPS) is 22.9. The summed E-state index contributed by atoms with van der Waals surface area (Å²) in [4.78, 5) is 14.4. The van der Waals surface area contributed by atoms with Crippen molar-refractivity contribution in [2.45, 2.75) is 57.0 Å². The van der Waals surface area contributed by atoms with E-state index in [0.717, 1.165) is 18.9 Å². The van der Waals surface area contributed by atoms with Crippen molar-refractivity contribution in [3.8, 4) is 0 Å². The number of hydrogen-bond donors (Lipinski definition) is 1. The molecule has 0 aromatic carbocycles. The molecule has 0 bridgehead atoms. The molecule has 1 atom stereocenters. The predicted molar refractivity (Wildman–Crippen MR) is 76.0 cm³/mol. The third-order valence-electron chi connectivity index (χ3n) is 4.52. The highest BCUT2D eigenvalue weighted by Gasteiger charge is 2.39. The van der Waals surface area contributed by atoms with Gasteiger partial charge >= 0.3 is 5.97 Å². The van der Waals surface area contributed by atoms with Crippen LogP contribution in [0.5, 0.6) is 0 Å². The zero-order valence-electron chi connectivity index (χ0n) is 12.6. The van der Waals surface area contributed by atoms with Gasteiger partial charge in [0.2, 0.25) is 0 Å². The maximum Gasteiger partial charge on any atom is 0.325 e. The van der Waals surface area contributed by atoms with Crippen molar-refractivity contribution < 1.29 is 9.53 Å². The van der Waals surface area contributed by atoms with E-state index >= 15 is 0 Å². The largest absolute Gasteiger partial charge is 0.468 e. The minimum atomic E-state index is -0.524. The Hall–Kier alpha value is -0.610. The topological polar surface area (TPSA) is 41.6 Å². The Labute approximate surface area is 116 Å². The molecule has 19 heavy (non-hydrogen) atoms. The number of methoxy groups -OCH3 is 1. The Morgan fingerprint density at radius 2 is 2.05 bits per heavy atom. The highest BCUT2D eigenvalue weighted by molar-refractivity contribution is 5.80. The van der Waals surface area contributed by atoms with Crippen LogP contribution in [0.4, 0.5) is 0 Å². The lowest BCUT2D eigenvalue weighted by Gasteiger charge is -2.33. The summed E-state index contributed by atoms with van der Waals surface area (Å²) in [5.74, 6) is 0.752. The molecule has 4 heteroatoms. The van der Waals surface area contributed by atoms with Gasteiger partial charge in [-0.1, -0.05) is 6.42 Å². The quantitative estimate of drug-likeness (QED) is 0.682. The molecular formula is C15H28N2O2. The summed E-state index contributed by atoms with van der Waals surface area (Å²) in [6, 6.07) is 0.515. The predicted octanol–water partition coefficient (Wildman–Crippen LogP) is 1.79. The molecule has 2 rings (SSSR count). The summed E-state index contributed by atoms with van der Waals surface area (Å²) < 4.78 is 4.97. The summed E-state index contributed by atoms with van der Waals surface area (Å²) in [5, 5.41) is 3.45. The molecule has 0 aliphatic heterocycles. The Morgan fingerprint density at radius 3 is 2.53 bits per heavy atom. The van der Waals surface area contributed by atoms with Crippen LogP contribution >= 0.6 is 0 Å². The van der Waals surface area contributed by atoms with Crippen LogP contribution in [0.25, 0.3) is 0 Å². The molecule has 2 fully saturated rings. The average molecular weight is 268 g/mol. The summed E-state index contributed by atoms with van der Waals surface area (Å²) in [7, 11) is 3.64. The fourth-order valence-corrected chi connectivity index (χ4v) is 2.76. The van der Waals surface area contributed by atoms with Gasteiger partial charge in [0.15, 0.2) is 0 Å². The zero-order chi connectivity index (χ0) is 13.9. The average Bonchev–Trinajstić information content (AvgIpc) is 3.14. The van der Waals surface area contributed by atoms with Crippen LogP contribution in [0.2, 0.25) is 0 Å². The van der Waals surface area contributed by atoms with E-state index in [0.29, 0.717) is 6.04 Å². The standard InChI is InChI=1S/C15H28N2O2/c1-15(14(18)19-3,16-13-7-8-13)9-10-17(2)11-12-5-4-6-12/h12-13,16H,4-11H2,1-3H3. The van der Waals surface area contributed by atoms with E-state index in [1.54, 1.807) is 0 Å². The van der Waals surface area contributed by atoms with Crippen molar-refractivity contribution in [1.29, 1.82) is 0 Å². The van der Waals surface area contributed by atoms with E-state index in [1.807, 2.05) is 6.92 Å². The molecule has 4 nitrogen and oxygen atoms in total. The molecule has 2 aliphatic carbocycles. The molecule has 0 saturated heterocycles. The Balaban J connectivity index is 1.78. The summed E-state index contributed by atoms with van der Waals surface area (Å²) in [5.41, 5.74) is -0.524. The molecule has 2 aliphatic rings. The van der Waals surface area contributed by atoms with Gasteiger partial charge in [-0.3, -0.25) is 10.1 Å². The van der Waals surface area contributed by atoms with E-state index < -0.39 is 5.54 Å². The zero-order valence-corrected chi connectivity index (χ0v) is 12.6. The van der Waals surface area contributed by atoms with Crippen LogP contribution in [-0.2, 0) is 9.53 Å². The van der Waals surface area contributed by atoms with Crippen LogP contribution in [0.3, 0.4) is 0 Å². The van der Waals surface area contributed by atoms with Gasteiger partial charge in [-0.25, -0.2) is 0 Å². The van der Waals surface area contributed by atoms with Gasteiger partial charge in [-0.15, -0.1) is 0 Å². The highest BCUT2D eigenvalue weighted by atomic mass is 16.5. The molecule has 0 heterocycles. The maximum absolute atomic E-state index is 12.0. The summed E-state index contributed by atoms with van der Waals surface area (Å²) in [6.45, 7) is 4.09. The van der Waals surface area contributed by atoms with Gasteiger partial charge in [0.25, 0.3) is 0 Å². The first kappa shape index (κ1) is 14.8. The van der Waals surface area contributed by atoms with Gasteiger partial charge in [-0.05, 0) is 52.0 Å². The van der Waals surface area contributed by atoms with Crippen LogP contribution in [0.1, 0.15) is 45.4 Å². The summed E-state index contributed by atoms with van der Waals surface area (Å²) in [6.07, 6.45) is 7.33. The number of ether oxygens (including phenoxy) is 1. The fraction of sp³-hybridized carbons (Fsp3) is 0.933. The van der Waals surface area contributed by atoms with E-state index in [2.05, 4.69) is 17.3 Å². The highest BCUT2D eigenvalue weighted by Crippen LogP contribution is 2.28. The molecule has 1 unspecified atom stereocenters. The first-order valence-electron chi connectivity index (χ1n) is 7.58. The Kier molecular flexibility index (Phi) is 4.85. The molecule has 0 radical (unpaired) electrons. The number of carbonyl (C=O) groups is 1. The minimum absolute atomic E-state index is 0.128. The van der Waals surface area contributed by atoms with E-state index in [4.69, 9.17) is 4.74 Å². The first-order valence-corrected chi connectivity index (χ1v) is 7.58. The number of nitrogens with one attached hydrogen (secondary N) is 1. The first-order chi connectivity index (χ1) is 9.03. The molecule has 0 aromatic rings. The molecule has 2 saturated carbocycles. The fourth-order valence-electron chi connectivity index (χ4n) is 2.76. The number of rotatable bonds is 8. The monoisotopic (exact) mass is 268 g/mol. The number of hydrogen-bond acceptors (Lipinski definition) is 4. The van der Waals surface area contributed by atoms with Crippen molar-refractivity contribution in [3.63, 3.8) is 0 Å². The van der Waals surface area contributed by atoms with Crippen molar-refractivity contribution >= 4 is 5.97 Å².